The van der Waals surface area contributed by atoms with Crippen molar-refractivity contribution in [2.75, 3.05) is 19.6 Å². The fourth-order valence-corrected chi connectivity index (χ4v) is 3.79. The lowest BCUT2D eigenvalue weighted by molar-refractivity contribution is 0.526. The van der Waals surface area contributed by atoms with Gasteiger partial charge in [-0.05, 0) is 44.5 Å². The third-order valence-electron chi connectivity index (χ3n) is 5.41. The van der Waals surface area contributed by atoms with Gasteiger partial charge in [0.05, 0.1) is 0 Å². The molecule has 0 aliphatic rings. The maximum Gasteiger partial charge on any atom is 0.0222 e. The van der Waals surface area contributed by atoms with Crippen molar-refractivity contribution in [3.63, 3.8) is 0 Å². The Kier molecular flexibility index (Phi) is 19.1. The van der Waals surface area contributed by atoms with Crippen LogP contribution in [-0.2, 0) is 6.54 Å². The van der Waals surface area contributed by atoms with E-state index in [9.17, 15) is 0 Å². The molecule has 0 atom stereocenters. The summed E-state index contributed by atoms with van der Waals surface area (Å²) in [5.41, 5.74) is 1.39. The molecule has 0 spiro atoms. The first kappa shape index (κ1) is 25.4. The highest BCUT2D eigenvalue weighted by Crippen LogP contribution is 2.12. The number of benzene rings is 1. The number of hydrogen-bond donors (Lipinski definition) is 2. The zero-order valence-corrected chi connectivity index (χ0v) is 19.3. The van der Waals surface area contributed by atoms with Crippen LogP contribution in [0.2, 0.25) is 6.04 Å². The molecule has 1 aromatic carbocycles. The summed E-state index contributed by atoms with van der Waals surface area (Å²) in [5, 5.41) is 7.06. The summed E-state index contributed by atoms with van der Waals surface area (Å²) in [6.45, 7) is 4.53. The molecule has 28 heavy (non-hydrogen) atoms. The third kappa shape index (κ3) is 17.5. The zero-order chi connectivity index (χ0) is 20.0. The van der Waals surface area contributed by atoms with E-state index < -0.39 is 0 Å². The van der Waals surface area contributed by atoms with Gasteiger partial charge in [-0.2, -0.15) is 0 Å². The van der Waals surface area contributed by atoms with Gasteiger partial charge in [-0.15, -0.1) is 0 Å². The molecule has 3 radical (unpaired) electrons. The van der Waals surface area contributed by atoms with Crippen LogP contribution in [0.15, 0.2) is 30.3 Å². The Bertz CT molecular complexity index is 410. The number of unbranched alkanes of at least 4 members (excludes halogenated alkanes) is 12. The molecule has 0 saturated heterocycles. The first-order valence-electron chi connectivity index (χ1n) is 12.0. The van der Waals surface area contributed by atoms with Crippen molar-refractivity contribution in [2.45, 2.75) is 102 Å². The van der Waals surface area contributed by atoms with Gasteiger partial charge in [0, 0.05) is 16.8 Å². The molecule has 0 unspecified atom stereocenters. The Morgan fingerprint density at radius 3 is 1.43 bits per heavy atom. The number of hydrogen-bond acceptors (Lipinski definition) is 2. The summed E-state index contributed by atoms with van der Waals surface area (Å²) in [6, 6.07) is 11.8. The Morgan fingerprint density at radius 2 is 0.929 bits per heavy atom. The first-order chi connectivity index (χ1) is 13.9. The lowest BCUT2D eigenvalue weighted by Crippen LogP contribution is -2.16. The molecule has 0 heterocycles. The molecule has 0 aliphatic heterocycles. The Morgan fingerprint density at radius 1 is 0.500 bits per heavy atom. The van der Waals surface area contributed by atoms with E-state index in [0.29, 0.717) is 0 Å². The van der Waals surface area contributed by atoms with E-state index >= 15 is 0 Å². The minimum atomic E-state index is 1.01. The molecule has 0 aromatic heterocycles. The van der Waals surface area contributed by atoms with Crippen LogP contribution in [0.25, 0.3) is 0 Å². The summed E-state index contributed by atoms with van der Waals surface area (Å²) in [6.07, 6.45) is 19.6. The fraction of sp³-hybridized carbons (Fsp3) is 0.760. The van der Waals surface area contributed by atoms with Crippen LogP contribution in [0.3, 0.4) is 0 Å². The van der Waals surface area contributed by atoms with Crippen molar-refractivity contribution in [1.82, 2.24) is 10.6 Å². The van der Waals surface area contributed by atoms with E-state index in [0.717, 1.165) is 25.7 Å². The van der Waals surface area contributed by atoms with E-state index in [1.807, 2.05) is 0 Å². The summed E-state index contributed by atoms with van der Waals surface area (Å²) < 4.78 is 0. The maximum atomic E-state index is 3.55. The lowest BCUT2D eigenvalue weighted by Gasteiger charge is -2.05. The monoisotopic (exact) mass is 401 g/mol. The smallest absolute Gasteiger partial charge is 0.0222 e. The quantitative estimate of drug-likeness (QED) is 0.184. The molecule has 1 rings (SSSR count). The normalized spacial score (nSPS) is 11.2. The second-order valence-electron chi connectivity index (χ2n) is 8.11. The Balaban J connectivity index is 1.67. The van der Waals surface area contributed by atoms with E-state index in [-0.39, 0.29) is 0 Å². The lowest BCUT2D eigenvalue weighted by atomic mass is 10.0. The summed E-state index contributed by atoms with van der Waals surface area (Å²) in [5.74, 6) is 0. The van der Waals surface area contributed by atoms with E-state index in [1.165, 1.54) is 102 Å². The fourth-order valence-electron chi connectivity index (χ4n) is 3.61. The van der Waals surface area contributed by atoms with Crippen LogP contribution in [-0.4, -0.2) is 29.9 Å². The van der Waals surface area contributed by atoms with E-state index in [4.69, 9.17) is 0 Å². The minimum absolute atomic E-state index is 1.01. The molecule has 2 N–H and O–H groups in total. The number of nitrogens with one attached hydrogen (secondary N) is 2. The molecular weight excluding hydrogens is 356 g/mol. The van der Waals surface area contributed by atoms with Gasteiger partial charge in [0.1, 0.15) is 0 Å². The van der Waals surface area contributed by atoms with Crippen molar-refractivity contribution >= 4 is 10.2 Å². The Labute approximate surface area is 179 Å². The van der Waals surface area contributed by atoms with Crippen molar-refractivity contribution in [3.8, 4) is 0 Å². The Hall–Kier alpha value is -0.643. The molecule has 0 fully saturated rings. The van der Waals surface area contributed by atoms with Gasteiger partial charge in [-0.3, -0.25) is 0 Å². The largest absolute Gasteiger partial charge is 0.317 e. The molecule has 2 nitrogen and oxygen atoms in total. The average molecular weight is 402 g/mol. The van der Waals surface area contributed by atoms with Crippen molar-refractivity contribution in [3.05, 3.63) is 35.9 Å². The standard InChI is InChI=1S/C25H45N2Si/c28-23-17-22-26-20-15-10-8-6-4-2-1-3-5-7-9-11-16-21-27-24-25-18-13-12-14-19-25/h12-14,18-19,26-27H,1-11,15-17,20-24H2. The second kappa shape index (κ2) is 21.1. The van der Waals surface area contributed by atoms with Gasteiger partial charge < -0.3 is 10.6 Å². The third-order valence-corrected chi connectivity index (χ3v) is 5.76. The minimum Gasteiger partial charge on any atom is -0.317 e. The molecule has 0 aliphatic carbocycles. The summed E-state index contributed by atoms with van der Waals surface area (Å²) >= 11 is 0. The highest BCUT2D eigenvalue weighted by molar-refractivity contribution is 6.08. The van der Waals surface area contributed by atoms with E-state index in [2.05, 4.69) is 51.2 Å². The van der Waals surface area contributed by atoms with Gasteiger partial charge in [-0.25, -0.2) is 0 Å². The van der Waals surface area contributed by atoms with Gasteiger partial charge >= 0.3 is 0 Å². The van der Waals surface area contributed by atoms with Gasteiger partial charge in [-0.1, -0.05) is 107 Å². The van der Waals surface area contributed by atoms with Crippen molar-refractivity contribution < 1.29 is 0 Å². The van der Waals surface area contributed by atoms with Crippen LogP contribution in [0.4, 0.5) is 0 Å². The second-order valence-corrected chi connectivity index (χ2v) is 8.61. The van der Waals surface area contributed by atoms with Crippen LogP contribution in [0.1, 0.15) is 95.5 Å². The van der Waals surface area contributed by atoms with Crippen LogP contribution in [0, 0.1) is 0 Å². The van der Waals surface area contributed by atoms with Crippen molar-refractivity contribution in [2.24, 2.45) is 0 Å². The maximum absolute atomic E-state index is 3.55. The average Bonchev–Trinajstić information content (AvgIpc) is 2.73. The molecule has 3 heteroatoms. The topological polar surface area (TPSA) is 24.1 Å². The molecule has 0 saturated carbocycles. The molecule has 159 valence electrons. The van der Waals surface area contributed by atoms with Crippen LogP contribution >= 0.6 is 0 Å². The molecular formula is C25H45N2Si. The highest BCUT2D eigenvalue weighted by atomic mass is 28.1. The predicted octanol–water partition coefficient (Wildman–Crippen LogP) is 6.41. The first-order valence-corrected chi connectivity index (χ1v) is 12.7. The molecule has 0 bridgehead atoms. The van der Waals surface area contributed by atoms with E-state index in [1.54, 1.807) is 0 Å². The highest BCUT2D eigenvalue weighted by Gasteiger charge is 1.95. The van der Waals surface area contributed by atoms with Gasteiger partial charge in [0.25, 0.3) is 0 Å². The van der Waals surface area contributed by atoms with Gasteiger partial charge in [0.2, 0.25) is 0 Å². The van der Waals surface area contributed by atoms with Crippen molar-refractivity contribution in [1.29, 1.82) is 0 Å². The zero-order valence-electron chi connectivity index (χ0n) is 18.3. The number of rotatable bonds is 21. The van der Waals surface area contributed by atoms with Crippen LogP contribution < -0.4 is 10.6 Å². The molecule has 0 amide bonds. The van der Waals surface area contributed by atoms with Gasteiger partial charge in [0.15, 0.2) is 0 Å². The predicted molar refractivity (Wildman–Crippen MR) is 126 cm³/mol. The SMILES string of the molecule is [Si]CCCNCCCCCCCCCCCCCCCNCc1ccccc1. The van der Waals surface area contributed by atoms with Crippen LogP contribution in [0.5, 0.6) is 0 Å². The summed E-state index contributed by atoms with van der Waals surface area (Å²) in [4.78, 5) is 0. The summed E-state index contributed by atoms with van der Waals surface area (Å²) in [7, 11) is 3.51. The molecule has 1 aromatic rings.